The number of nitrogens with zero attached hydrogens (tertiary/aromatic N) is 2. The largest absolute Gasteiger partial charge is 0.416 e. The van der Waals surface area contributed by atoms with Gasteiger partial charge in [0.2, 0.25) is 0 Å². The summed E-state index contributed by atoms with van der Waals surface area (Å²) in [5, 5.41) is 10.1. The fraction of sp³-hybridized carbons (Fsp3) is 0.0588. The molecule has 1 aromatic heterocycles. The first kappa shape index (κ1) is 15.0. The smallest absolute Gasteiger partial charge is 0.236 e. The van der Waals surface area contributed by atoms with Gasteiger partial charge >= 0.3 is 6.18 Å². The molecule has 0 N–H and O–H groups in total. The summed E-state index contributed by atoms with van der Waals surface area (Å²) < 4.78 is 51.3. The molecule has 0 atom stereocenters. The summed E-state index contributed by atoms with van der Waals surface area (Å²) in [5.41, 5.74) is 0.0607. The summed E-state index contributed by atoms with van der Waals surface area (Å²) in [6.07, 6.45) is -4.42. The number of fused-ring (bicyclic) bond motifs is 1. The monoisotopic (exact) mass is 316 g/mol. The van der Waals surface area contributed by atoms with Gasteiger partial charge in [-0.15, -0.1) is 0 Å². The van der Waals surface area contributed by atoms with E-state index in [-0.39, 0.29) is 5.69 Å². The fourth-order valence-electron chi connectivity index (χ4n) is 2.32. The van der Waals surface area contributed by atoms with Crippen LogP contribution in [0.5, 0.6) is 0 Å². The number of hydrogen-bond donors (Lipinski definition) is 0. The van der Waals surface area contributed by atoms with Crippen LogP contribution in [0, 0.1) is 17.1 Å². The van der Waals surface area contributed by atoms with E-state index >= 15 is 0 Å². The second-order valence-electron chi connectivity index (χ2n) is 4.91. The number of alkyl halides is 3. The molecule has 0 amide bonds. The second kappa shape index (κ2) is 5.36. The van der Waals surface area contributed by atoms with E-state index in [0.29, 0.717) is 22.0 Å². The van der Waals surface area contributed by atoms with E-state index in [0.717, 1.165) is 12.1 Å². The zero-order valence-electron chi connectivity index (χ0n) is 11.5. The maximum absolute atomic E-state index is 13.4. The second-order valence-corrected chi connectivity index (χ2v) is 4.91. The predicted octanol–water partition coefficient (Wildman–Crippen LogP) is 4.93. The van der Waals surface area contributed by atoms with Crippen LogP contribution in [0.1, 0.15) is 11.3 Å². The topological polar surface area (TPSA) is 36.7 Å². The lowest BCUT2D eigenvalue weighted by atomic mass is 10.0. The van der Waals surface area contributed by atoms with Crippen molar-refractivity contribution in [2.24, 2.45) is 0 Å². The molecule has 2 aromatic carbocycles. The van der Waals surface area contributed by atoms with Crippen molar-refractivity contribution in [1.82, 2.24) is 4.98 Å². The van der Waals surface area contributed by atoms with Gasteiger partial charge in [0.15, 0.2) is 0 Å². The summed E-state index contributed by atoms with van der Waals surface area (Å²) in [5.74, 6) is -0.467. The molecule has 6 heteroatoms. The minimum Gasteiger partial charge on any atom is -0.236 e. The van der Waals surface area contributed by atoms with Gasteiger partial charge in [-0.25, -0.2) is 9.37 Å². The summed E-state index contributed by atoms with van der Waals surface area (Å²) in [6.45, 7) is 0. The Labute approximate surface area is 128 Å². The average Bonchev–Trinajstić information content (AvgIpc) is 2.52. The molecule has 0 spiro atoms. The van der Waals surface area contributed by atoms with Crippen LogP contribution in [0.25, 0.3) is 22.0 Å². The minimum atomic E-state index is -4.42. The third-order valence-electron chi connectivity index (χ3n) is 3.39. The third-order valence-corrected chi connectivity index (χ3v) is 3.39. The van der Waals surface area contributed by atoms with Crippen LogP contribution in [0.15, 0.2) is 48.5 Å². The van der Waals surface area contributed by atoms with Gasteiger partial charge in [-0.05, 0) is 41.8 Å². The van der Waals surface area contributed by atoms with Gasteiger partial charge in [0.05, 0.1) is 11.3 Å². The van der Waals surface area contributed by atoms with Crippen molar-refractivity contribution in [3.05, 3.63) is 65.6 Å². The van der Waals surface area contributed by atoms with Crippen LogP contribution in [0.3, 0.4) is 0 Å². The van der Waals surface area contributed by atoms with E-state index in [1.165, 1.54) is 36.4 Å². The Morgan fingerprint density at radius 1 is 0.957 bits per heavy atom. The lowest BCUT2D eigenvalue weighted by molar-refractivity contribution is -0.137. The van der Waals surface area contributed by atoms with Crippen molar-refractivity contribution in [3.8, 4) is 17.3 Å². The summed E-state index contributed by atoms with van der Waals surface area (Å²) >= 11 is 0. The fourth-order valence-corrected chi connectivity index (χ4v) is 2.32. The third kappa shape index (κ3) is 2.86. The van der Waals surface area contributed by atoms with Crippen LogP contribution in [-0.2, 0) is 6.18 Å². The molecule has 0 radical (unpaired) electrons. The highest BCUT2D eigenvalue weighted by atomic mass is 19.4. The van der Waals surface area contributed by atoms with Crippen molar-refractivity contribution in [3.63, 3.8) is 0 Å². The van der Waals surface area contributed by atoms with Gasteiger partial charge in [0, 0.05) is 10.9 Å². The van der Waals surface area contributed by atoms with Gasteiger partial charge in [0.1, 0.15) is 17.6 Å². The number of hydrogen-bond acceptors (Lipinski definition) is 2. The number of pyridine rings is 1. The lowest BCUT2D eigenvalue weighted by Crippen LogP contribution is -2.04. The summed E-state index contributed by atoms with van der Waals surface area (Å²) in [4.78, 5) is 4.15. The van der Waals surface area contributed by atoms with Crippen LogP contribution in [0.4, 0.5) is 17.6 Å². The van der Waals surface area contributed by atoms with Crippen LogP contribution in [-0.4, -0.2) is 4.98 Å². The normalized spacial score (nSPS) is 11.4. The molecule has 0 saturated heterocycles. The first-order chi connectivity index (χ1) is 10.9. The van der Waals surface area contributed by atoms with Crippen molar-refractivity contribution in [2.45, 2.75) is 6.18 Å². The maximum Gasteiger partial charge on any atom is 0.416 e. The first-order valence-corrected chi connectivity index (χ1v) is 6.56. The van der Waals surface area contributed by atoms with E-state index in [1.54, 1.807) is 0 Å². The molecule has 0 aliphatic carbocycles. The molecule has 0 unspecified atom stereocenters. The van der Waals surface area contributed by atoms with Crippen molar-refractivity contribution in [2.75, 3.05) is 0 Å². The Balaban J connectivity index is 2.21. The Kier molecular flexibility index (Phi) is 3.49. The van der Waals surface area contributed by atoms with Gasteiger partial charge in [-0.1, -0.05) is 12.1 Å². The molecule has 0 aliphatic heterocycles. The Morgan fingerprint density at radius 2 is 1.65 bits per heavy atom. The van der Waals surface area contributed by atoms with E-state index in [2.05, 4.69) is 4.98 Å². The highest BCUT2D eigenvalue weighted by molar-refractivity contribution is 5.95. The molecule has 0 aliphatic rings. The quantitative estimate of drug-likeness (QED) is 0.597. The Hall–Kier alpha value is -2.94. The first-order valence-electron chi connectivity index (χ1n) is 6.56. The van der Waals surface area contributed by atoms with E-state index < -0.39 is 17.6 Å². The Morgan fingerprint density at radius 3 is 2.26 bits per heavy atom. The van der Waals surface area contributed by atoms with Gasteiger partial charge in [-0.2, -0.15) is 18.4 Å². The molecule has 1 heterocycles. The molecule has 0 fully saturated rings. The molecule has 3 aromatic rings. The molecular weight excluding hydrogens is 308 g/mol. The molecule has 3 rings (SSSR count). The standard InChI is InChI=1S/C17H8F4N2/c18-13-5-6-15-11(7-13)8-14(9-22)23-16(15)10-1-3-12(4-2-10)17(19,20)21/h1-8H. The van der Waals surface area contributed by atoms with Gasteiger partial charge in [0.25, 0.3) is 0 Å². The van der Waals surface area contributed by atoms with E-state index in [1.807, 2.05) is 6.07 Å². The average molecular weight is 316 g/mol. The van der Waals surface area contributed by atoms with Crippen LogP contribution >= 0.6 is 0 Å². The molecule has 114 valence electrons. The molecule has 2 nitrogen and oxygen atoms in total. The van der Waals surface area contributed by atoms with Crippen molar-refractivity contribution >= 4 is 10.8 Å². The molecular formula is C17H8F4N2. The van der Waals surface area contributed by atoms with Crippen molar-refractivity contribution in [1.29, 1.82) is 5.26 Å². The zero-order valence-corrected chi connectivity index (χ0v) is 11.5. The molecule has 23 heavy (non-hydrogen) atoms. The van der Waals surface area contributed by atoms with Crippen molar-refractivity contribution < 1.29 is 17.6 Å². The predicted molar refractivity (Wildman–Crippen MR) is 76.9 cm³/mol. The highest BCUT2D eigenvalue weighted by Crippen LogP contribution is 2.32. The maximum atomic E-state index is 13.4. The molecule has 0 saturated carbocycles. The van der Waals surface area contributed by atoms with E-state index in [4.69, 9.17) is 5.26 Å². The minimum absolute atomic E-state index is 0.0676. The SMILES string of the molecule is N#Cc1cc2cc(F)ccc2c(-c2ccc(C(F)(F)F)cc2)n1. The molecule has 0 bridgehead atoms. The number of benzene rings is 2. The number of aromatic nitrogens is 1. The number of nitriles is 1. The highest BCUT2D eigenvalue weighted by Gasteiger charge is 2.30. The number of rotatable bonds is 1. The Bertz CT molecular complexity index is 922. The van der Waals surface area contributed by atoms with Gasteiger partial charge in [-0.3, -0.25) is 0 Å². The van der Waals surface area contributed by atoms with Gasteiger partial charge < -0.3 is 0 Å². The summed E-state index contributed by atoms with van der Waals surface area (Å²) in [7, 11) is 0. The van der Waals surface area contributed by atoms with Crippen LogP contribution in [0.2, 0.25) is 0 Å². The van der Waals surface area contributed by atoms with Crippen LogP contribution < -0.4 is 0 Å². The zero-order chi connectivity index (χ0) is 16.6. The number of halogens is 4. The lowest BCUT2D eigenvalue weighted by Gasteiger charge is -2.10. The van der Waals surface area contributed by atoms with E-state index in [9.17, 15) is 17.6 Å². The summed E-state index contributed by atoms with van der Waals surface area (Å²) in [6, 6.07) is 11.8.